The first kappa shape index (κ1) is 58.7. The molecule has 0 saturated heterocycles. The first-order valence-electron chi connectivity index (χ1n) is 27.9. The highest BCUT2D eigenvalue weighted by Gasteiger charge is 2.38. The Balaban J connectivity index is 1.38. The number of aromatic nitrogens is 4. The van der Waals surface area contributed by atoms with Crippen molar-refractivity contribution < 1.29 is 0 Å². The Labute approximate surface area is 465 Å². The summed E-state index contributed by atoms with van der Waals surface area (Å²) >= 11 is 0. The van der Waals surface area contributed by atoms with Gasteiger partial charge in [0.2, 0.25) is 0 Å². The molecule has 0 aliphatic heterocycles. The molecule has 3 aromatic carbocycles. The summed E-state index contributed by atoms with van der Waals surface area (Å²) < 4.78 is 0. The number of benzene rings is 3. The summed E-state index contributed by atoms with van der Waals surface area (Å²) in [6, 6.07) is 32.9. The van der Waals surface area contributed by atoms with Crippen LogP contribution in [0.5, 0.6) is 0 Å². The van der Waals surface area contributed by atoms with E-state index >= 15 is 0 Å². The first-order valence-corrected chi connectivity index (χ1v) is 44.2. The SMILES string of the molecule is CC(C)(C)[Si](C)(C)Cc1ccc2cc(C#Cc3cc(C#Cc4cc5ccc(C[Si](C)(C)C(C)(C)C)nc5c5nc(C[Si](C)(C)C(C)(C)C)ccc45)cc(C#C[Si](C)(C)C)c3)c3ccc(C[Si](C)(C)C(C)(C)C)nc3c2n1. The maximum atomic E-state index is 5.51. The molecule has 4 heterocycles. The Morgan fingerprint density at radius 1 is 0.329 bits per heavy atom. The number of nitrogens with zero attached hydrogens (tertiary/aromatic N) is 4. The van der Waals surface area contributed by atoms with E-state index in [1.165, 1.54) is 0 Å². The minimum atomic E-state index is -1.70. The van der Waals surface area contributed by atoms with Gasteiger partial charge < -0.3 is 0 Å². The first-order chi connectivity index (χ1) is 34.7. The van der Waals surface area contributed by atoms with E-state index < -0.39 is 40.4 Å². The van der Waals surface area contributed by atoms with Crippen LogP contribution in [0.2, 0.25) is 92.2 Å². The van der Waals surface area contributed by atoms with Gasteiger partial charge in [0.25, 0.3) is 0 Å². The molecule has 398 valence electrons. The fourth-order valence-corrected chi connectivity index (χ4v) is 15.8. The molecule has 0 amide bonds. The van der Waals surface area contributed by atoms with Crippen molar-refractivity contribution in [2.45, 2.75) is 199 Å². The standard InChI is InChI=1S/C67H90N4Si5/c1-64(2,3)73(16,17)43-54-30-28-52-41-50(58-34-32-56(70-62(58)60(52)68-54)45-75(20,21)66(7,8)9)26-24-47-38-48(40-49(39-47)36-37-72(13,14)15)25-27-51-42-53-29-31-55(44-74(18,19)65(4,5)6)69-61(53)63-59(51)35-33-57(71-63)46-76(22,23)67(10,11)12/h28-35,38-42H,43-46H2,1-23H3. The largest absolute Gasteiger partial charge is 0.251 e. The number of fused-ring (bicyclic) bond motifs is 6. The van der Waals surface area contributed by atoms with Gasteiger partial charge in [0.15, 0.2) is 0 Å². The second-order valence-electron chi connectivity index (χ2n) is 30.0. The zero-order valence-corrected chi connectivity index (χ0v) is 56.1. The van der Waals surface area contributed by atoms with Gasteiger partial charge in [-0.3, -0.25) is 19.9 Å². The van der Waals surface area contributed by atoms with E-state index in [1.54, 1.807) is 0 Å². The molecular weight excluding hydrogens is 1000 g/mol. The molecule has 0 saturated carbocycles. The lowest BCUT2D eigenvalue weighted by Crippen LogP contribution is -2.40. The average molecular weight is 1090 g/mol. The van der Waals surface area contributed by atoms with Crippen molar-refractivity contribution in [3.05, 3.63) is 129 Å². The Morgan fingerprint density at radius 2 is 0.605 bits per heavy atom. The van der Waals surface area contributed by atoms with Crippen LogP contribution in [0, 0.1) is 35.1 Å². The van der Waals surface area contributed by atoms with Gasteiger partial charge in [0.1, 0.15) is 8.07 Å². The van der Waals surface area contributed by atoms with Gasteiger partial charge in [0, 0.05) is 72.1 Å². The van der Waals surface area contributed by atoms with Crippen LogP contribution >= 0.6 is 0 Å². The molecule has 0 N–H and O–H groups in total. The number of rotatable bonds is 8. The molecule has 0 unspecified atom stereocenters. The van der Waals surface area contributed by atoms with Crippen LogP contribution in [0.3, 0.4) is 0 Å². The lowest BCUT2D eigenvalue weighted by Gasteiger charge is -2.37. The summed E-state index contributed by atoms with van der Waals surface area (Å²) in [7, 11) is -8.36. The fourth-order valence-electron chi connectivity index (χ4n) is 8.75. The molecule has 0 fully saturated rings. The van der Waals surface area contributed by atoms with E-state index in [9.17, 15) is 0 Å². The second kappa shape index (κ2) is 20.7. The van der Waals surface area contributed by atoms with Crippen LogP contribution in [0.1, 0.15) is 134 Å². The van der Waals surface area contributed by atoms with Gasteiger partial charge >= 0.3 is 0 Å². The van der Waals surface area contributed by atoms with Crippen molar-refractivity contribution in [2.24, 2.45) is 0 Å². The van der Waals surface area contributed by atoms with Gasteiger partial charge in [-0.2, -0.15) is 0 Å². The quantitative estimate of drug-likeness (QED) is 0.0864. The zero-order chi connectivity index (χ0) is 56.4. The van der Waals surface area contributed by atoms with Crippen molar-refractivity contribution in [1.82, 2.24) is 19.9 Å². The summed E-state index contributed by atoms with van der Waals surface area (Å²) in [5, 5.41) is 5.22. The Morgan fingerprint density at radius 3 is 0.895 bits per heavy atom. The monoisotopic (exact) mass is 1090 g/mol. The molecule has 0 atom stereocenters. The normalized spacial score (nSPS) is 13.4. The van der Waals surface area contributed by atoms with Crippen molar-refractivity contribution in [3.8, 4) is 35.1 Å². The molecule has 76 heavy (non-hydrogen) atoms. The maximum absolute atomic E-state index is 5.51. The molecule has 0 spiro atoms. The second-order valence-corrected chi connectivity index (χ2v) is 57.3. The Hall–Kier alpha value is -4.94. The smallest absolute Gasteiger partial charge is 0.129 e. The molecule has 7 rings (SSSR count). The van der Waals surface area contributed by atoms with Crippen LogP contribution in [0.15, 0.2) is 78.9 Å². The highest BCUT2D eigenvalue weighted by molar-refractivity contribution is 6.84. The van der Waals surface area contributed by atoms with Crippen molar-refractivity contribution in [3.63, 3.8) is 0 Å². The highest BCUT2D eigenvalue weighted by Crippen LogP contribution is 2.42. The van der Waals surface area contributed by atoms with Gasteiger partial charge in [-0.05, 0) is 111 Å². The molecule has 9 heteroatoms. The molecule has 7 aromatic rings. The lowest BCUT2D eigenvalue weighted by atomic mass is 10.0. The topological polar surface area (TPSA) is 51.6 Å². The number of pyridine rings is 4. The summed E-state index contributed by atoms with van der Waals surface area (Å²) in [4.78, 5) is 21.9. The van der Waals surface area contributed by atoms with Crippen molar-refractivity contribution >= 4 is 84.0 Å². The van der Waals surface area contributed by atoms with Gasteiger partial charge in [-0.15, -0.1) is 5.54 Å². The highest BCUT2D eigenvalue weighted by atomic mass is 28.3. The predicted molar refractivity (Wildman–Crippen MR) is 346 cm³/mol. The van der Waals surface area contributed by atoms with E-state index in [2.05, 4.69) is 269 Å². The van der Waals surface area contributed by atoms with E-state index in [-0.39, 0.29) is 20.2 Å². The van der Waals surface area contributed by atoms with Crippen LogP contribution in [-0.4, -0.2) is 60.3 Å². The zero-order valence-electron chi connectivity index (χ0n) is 51.1. The van der Waals surface area contributed by atoms with Gasteiger partial charge in [-0.25, -0.2) is 0 Å². The van der Waals surface area contributed by atoms with Crippen molar-refractivity contribution in [2.75, 3.05) is 0 Å². The summed E-state index contributed by atoms with van der Waals surface area (Å²) in [6.45, 7) is 55.4. The van der Waals surface area contributed by atoms with Crippen LogP contribution in [-0.2, 0) is 24.2 Å². The molecular formula is C67H90N4Si5. The summed E-state index contributed by atoms with van der Waals surface area (Å²) in [6.07, 6.45) is 0. The number of hydrogen-bond donors (Lipinski definition) is 0. The van der Waals surface area contributed by atoms with Crippen LogP contribution < -0.4 is 0 Å². The van der Waals surface area contributed by atoms with Crippen LogP contribution in [0.4, 0.5) is 0 Å². The average Bonchev–Trinajstić information content (AvgIpc) is 3.27. The third kappa shape index (κ3) is 13.3. The Bertz CT molecular complexity index is 3370. The molecule has 4 aromatic heterocycles. The predicted octanol–water partition coefficient (Wildman–Crippen LogP) is 18.3. The minimum absolute atomic E-state index is 0.243. The van der Waals surface area contributed by atoms with E-state index in [1.807, 2.05) is 0 Å². The van der Waals surface area contributed by atoms with E-state index in [0.29, 0.717) is 0 Å². The fraction of sp³-hybridized carbons (Fsp3) is 0.463. The number of hydrogen-bond acceptors (Lipinski definition) is 4. The Kier molecular flexibility index (Phi) is 16.0. The third-order valence-electron chi connectivity index (χ3n) is 18.3. The molecule has 0 aliphatic rings. The van der Waals surface area contributed by atoms with Crippen LogP contribution in [0.25, 0.3) is 43.6 Å². The minimum Gasteiger partial charge on any atom is -0.251 e. The van der Waals surface area contributed by atoms with E-state index in [4.69, 9.17) is 19.9 Å². The lowest BCUT2D eigenvalue weighted by molar-refractivity contribution is 0.712. The van der Waals surface area contributed by atoms with E-state index in [0.717, 1.165) is 118 Å². The molecule has 0 aliphatic carbocycles. The van der Waals surface area contributed by atoms with Gasteiger partial charge in [-0.1, -0.05) is 197 Å². The molecule has 0 radical (unpaired) electrons. The van der Waals surface area contributed by atoms with Crippen molar-refractivity contribution in [1.29, 1.82) is 0 Å². The maximum Gasteiger partial charge on any atom is 0.129 e. The third-order valence-corrected chi connectivity index (χ3v) is 40.4. The summed E-state index contributed by atoms with van der Waals surface area (Å²) in [5.41, 5.74) is 16.6. The van der Waals surface area contributed by atoms with Gasteiger partial charge in [0.05, 0.1) is 54.4 Å². The summed E-state index contributed by atoms with van der Waals surface area (Å²) in [5.74, 6) is 18.1. The molecule has 0 bridgehead atoms. The molecule has 4 nitrogen and oxygen atoms in total.